The summed E-state index contributed by atoms with van der Waals surface area (Å²) in [6.07, 6.45) is 5.10. The molecule has 0 radical (unpaired) electrons. The highest BCUT2D eigenvalue weighted by Gasteiger charge is 2.31. The van der Waals surface area contributed by atoms with Crippen molar-refractivity contribution in [2.45, 2.75) is 65.1 Å². The van der Waals surface area contributed by atoms with Gasteiger partial charge in [-0.05, 0) is 68.5 Å². The van der Waals surface area contributed by atoms with Crippen LogP contribution in [0.5, 0.6) is 5.75 Å². The maximum atomic E-state index is 13.7. The Morgan fingerprint density at radius 1 is 1.08 bits per heavy atom. The van der Waals surface area contributed by atoms with E-state index in [1.165, 1.54) is 4.90 Å². The molecule has 0 saturated heterocycles. The lowest BCUT2D eigenvalue weighted by molar-refractivity contribution is -0.139. The number of carbonyl (C=O) groups excluding carboxylic acids is 2. The first-order valence-electron chi connectivity index (χ1n) is 12.3. The van der Waals surface area contributed by atoms with E-state index in [-0.39, 0.29) is 18.5 Å². The summed E-state index contributed by atoms with van der Waals surface area (Å²) < 4.78 is 31.9. The number of nitrogens with one attached hydrogen (secondary N) is 1. The number of nitrogens with zero attached hydrogens (tertiary/aromatic N) is 2. The summed E-state index contributed by atoms with van der Waals surface area (Å²) in [5, 5.41) is 3.07. The highest BCUT2D eigenvalue weighted by atomic mass is 32.2. The lowest BCUT2D eigenvalue weighted by Crippen LogP contribution is -2.52. The highest BCUT2D eigenvalue weighted by molar-refractivity contribution is 7.92. The molecule has 9 heteroatoms. The molecule has 2 aromatic rings. The van der Waals surface area contributed by atoms with E-state index < -0.39 is 28.5 Å². The van der Waals surface area contributed by atoms with Crippen molar-refractivity contribution in [2.75, 3.05) is 24.2 Å². The van der Waals surface area contributed by atoms with E-state index in [1.54, 1.807) is 32.2 Å². The number of sulfonamides is 1. The number of aryl methyl sites for hydroxylation is 2. The summed E-state index contributed by atoms with van der Waals surface area (Å²) in [7, 11) is -2.19. The van der Waals surface area contributed by atoms with Crippen LogP contribution in [0.1, 0.15) is 49.3 Å². The second-order valence-electron chi connectivity index (χ2n) is 9.60. The maximum absolute atomic E-state index is 13.7. The van der Waals surface area contributed by atoms with E-state index in [9.17, 15) is 18.0 Å². The maximum Gasteiger partial charge on any atom is 0.244 e. The molecule has 1 atom stereocenters. The summed E-state index contributed by atoms with van der Waals surface area (Å²) >= 11 is 0. The molecule has 0 aromatic heterocycles. The van der Waals surface area contributed by atoms with E-state index >= 15 is 0 Å². The van der Waals surface area contributed by atoms with Gasteiger partial charge in [-0.25, -0.2) is 8.42 Å². The van der Waals surface area contributed by atoms with Gasteiger partial charge in [0.15, 0.2) is 0 Å². The number of rotatable bonds is 10. The number of carbonyl (C=O) groups is 2. The second-order valence-corrected chi connectivity index (χ2v) is 11.5. The van der Waals surface area contributed by atoms with Crippen molar-refractivity contribution in [1.82, 2.24) is 10.2 Å². The predicted molar refractivity (Wildman–Crippen MR) is 142 cm³/mol. The zero-order chi connectivity index (χ0) is 26.5. The molecular weight excluding hydrogens is 478 g/mol. The summed E-state index contributed by atoms with van der Waals surface area (Å²) in [4.78, 5) is 28.3. The molecule has 0 spiro atoms. The Kier molecular flexibility index (Phi) is 9.00. The minimum absolute atomic E-state index is 0.111. The summed E-state index contributed by atoms with van der Waals surface area (Å²) in [6, 6.07) is 12.1. The largest absolute Gasteiger partial charge is 0.497 e. The smallest absolute Gasteiger partial charge is 0.244 e. The second kappa shape index (κ2) is 11.8. The van der Waals surface area contributed by atoms with Gasteiger partial charge in [-0.3, -0.25) is 13.9 Å². The van der Waals surface area contributed by atoms with Crippen LogP contribution in [-0.4, -0.2) is 57.1 Å². The summed E-state index contributed by atoms with van der Waals surface area (Å²) in [5.41, 5.74) is 2.89. The molecule has 36 heavy (non-hydrogen) atoms. The van der Waals surface area contributed by atoms with Crippen LogP contribution in [0.15, 0.2) is 42.5 Å². The van der Waals surface area contributed by atoms with Gasteiger partial charge in [-0.2, -0.15) is 0 Å². The van der Waals surface area contributed by atoms with Crippen molar-refractivity contribution >= 4 is 27.5 Å². The number of amides is 2. The van der Waals surface area contributed by atoms with Gasteiger partial charge in [-0.1, -0.05) is 37.1 Å². The van der Waals surface area contributed by atoms with E-state index in [0.717, 1.165) is 52.9 Å². The normalized spacial score (nSPS) is 14.8. The Labute approximate surface area is 214 Å². The Balaban J connectivity index is 1.90. The minimum Gasteiger partial charge on any atom is -0.497 e. The average molecular weight is 516 g/mol. The minimum atomic E-state index is -3.76. The zero-order valence-corrected chi connectivity index (χ0v) is 22.6. The van der Waals surface area contributed by atoms with E-state index in [2.05, 4.69) is 5.32 Å². The Bertz CT molecular complexity index is 1170. The molecule has 3 rings (SSSR count). The van der Waals surface area contributed by atoms with Crippen LogP contribution < -0.4 is 14.4 Å². The molecular formula is C27H37N3O5S. The van der Waals surface area contributed by atoms with Crippen molar-refractivity contribution in [2.24, 2.45) is 0 Å². The van der Waals surface area contributed by atoms with Gasteiger partial charge < -0.3 is 15.0 Å². The van der Waals surface area contributed by atoms with Crippen LogP contribution in [0.3, 0.4) is 0 Å². The van der Waals surface area contributed by atoms with Gasteiger partial charge >= 0.3 is 0 Å². The predicted octanol–water partition coefficient (Wildman–Crippen LogP) is 3.55. The standard InChI is InChI=1S/C27H37N3O5S/c1-19-10-11-20(2)25(16-19)30(36(5,33)34)18-26(31)29(17-22-12-14-24(35-4)15-13-22)21(3)27(32)28-23-8-6-7-9-23/h10-16,21,23H,6-9,17-18H2,1-5H3,(H,28,32). The molecule has 0 bridgehead atoms. The van der Waals surface area contributed by atoms with Gasteiger partial charge in [0, 0.05) is 12.6 Å². The number of hydrogen-bond acceptors (Lipinski definition) is 5. The molecule has 0 aliphatic heterocycles. The van der Waals surface area contributed by atoms with Crippen LogP contribution in [0.25, 0.3) is 0 Å². The van der Waals surface area contributed by atoms with Gasteiger partial charge in [-0.15, -0.1) is 0 Å². The molecule has 8 nitrogen and oxygen atoms in total. The van der Waals surface area contributed by atoms with Crippen molar-refractivity contribution in [3.63, 3.8) is 0 Å². The lowest BCUT2D eigenvalue weighted by Gasteiger charge is -2.32. The van der Waals surface area contributed by atoms with Gasteiger partial charge in [0.05, 0.1) is 19.1 Å². The van der Waals surface area contributed by atoms with Gasteiger partial charge in [0.1, 0.15) is 18.3 Å². The fourth-order valence-electron chi connectivity index (χ4n) is 4.49. The molecule has 1 N–H and O–H groups in total. The zero-order valence-electron chi connectivity index (χ0n) is 21.8. The number of hydrogen-bond donors (Lipinski definition) is 1. The van der Waals surface area contributed by atoms with Gasteiger partial charge in [0.25, 0.3) is 0 Å². The molecule has 196 valence electrons. The third-order valence-electron chi connectivity index (χ3n) is 6.69. The molecule has 1 unspecified atom stereocenters. The SMILES string of the molecule is COc1ccc(CN(C(=O)CN(c2cc(C)ccc2C)S(C)(=O)=O)C(C)C(=O)NC2CCCC2)cc1. The highest BCUT2D eigenvalue weighted by Crippen LogP contribution is 2.25. The average Bonchev–Trinajstić information content (AvgIpc) is 3.34. The molecule has 2 aromatic carbocycles. The first-order chi connectivity index (χ1) is 17.0. The van der Waals surface area contributed by atoms with Crippen molar-refractivity contribution < 1.29 is 22.7 Å². The van der Waals surface area contributed by atoms with Crippen LogP contribution in [0.2, 0.25) is 0 Å². The first-order valence-corrected chi connectivity index (χ1v) is 14.1. The molecule has 1 aliphatic rings. The topological polar surface area (TPSA) is 96.0 Å². The first kappa shape index (κ1) is 27.5. The van der Waals surface area contributed by atoms with Crippen molar-refractivity contribution in [3.05, 3.63) is 59.2 Å². The number of anilines is 1. The Morgan fingerprint density at radius 2 is 1.72 bits per heavy atom. The van der Waals surface area contributed by atoms with E-state index in [0.29, 0.717) is 11.4 Å². The molecule has 1 saturated carbocycles. The van der Waals surface area contributed by atoms with Crippen LogP contribution >= 0.6 is 0 Å². The fourth-order valence-corrected chi connectivity index (χ4v) is 5.38. The van der Waals surface area contributed by atoms with Crippen LogP contribution in [0.4, 0.5) is 5.69 Å². The summed E-state index contributed by atoms with van der Waals surface area (Å²) in [5.74, 6) is -0.00514. The fraction of sp³-hybridized carbons (Fsp3) is 0.481. The quantitative estimate of drug-likeness (QED) is 0.522. The lowest BCUT2D eigenvalue weighted by atomic mass is 10.1. The van der Waals surface area contributed by atoms with Crippen LogP contribution in [-0.2, 0) is 26.2 Å². The third kappa shape index (κ3) is 7.00. The van der Waals surface area contributed by atoms with Crippen LogP contribution in [0, 0.1) is 13.8 Å². The number of benzene rings is 2. The number of ether oxygens (including phenoxy) is 1. The molecule has 2 amide bonds. The van der Waals surface area contributed by atoms with Crippen molar-refractivity contribution in [3.8, 4) is 5.75 Å². The monoisotopic (exact) mass is 515 g/mol. The van der Waals surface area contributed by atoms with Crippen molar-refractivity contribution in [1.29, 1.82) is 0 Å². The molecule has 1 fully saturated rings. The molecule has 0 heterocycles. The summed E-state index contributed by atoms with van der Waals surface area (Å²) in [6.45, 7) is 5.13. The Morgan fingerprint density at radius 3 is 2.31 bits per heavy atom. The van der Waals surface area contributed by atoms with E-state index in [1.807, 2.05) is 38.1 Å². The third-order valence-corrected chi connectivity index (χ3v) is 7.82. The Hall–Kier alpha value is -3.07. The van der Waals surface area contributed by atoms with Gasteiger partial charge in [0.2, 0.25) is 21.8 Å². The molecule has 1 aliphatic carbocycles. The number of methoxy groups -OCH3 is 1. The van der Waals surface area contributed by atoms with E-state index in [4.69, 9.17) is 4.74 Å².